The van der Waals surface area contributed by atoms with Crippen LogP contribution in [0.25, 0.3) is 0 Å². The number of rotatable bonds is 17. The number of allylic oxidation sites excluding steroid dienone is 5. The number of aliphatic hydroxyl groups is 6. The summed E-state index contributed by atoms with van der Waals surface area (Å²) in [5, 5.41) is 63.3. The van der Waals surface area contributed by atoms with Crippen molar-refractivity contribution < 1.29 is 59.2 Å². The Morgan fingerprint density at radius 1 is 0.778 bits per heavy atom. The molecule has 0 aromatic heterocycles. The van der Waals surface area contributed by atoms with Crippen LogP contribution in [0.15, 0.2) is 58.7 Å². The maximum atomic E-state index is 13.6. The maximum Gasteiger partial charge on any atom is 0.187 e. The van der Waals surface area contributed by atoms with Crippen molar-refractivity contribution >= 4 is 11.6 Å². The van der Waals surface area contributed by atoms with Crippen LogP contribution in [0.4, 0.5) is 0 Å². The zero-order chi connectivity index (χ0) is 40.7. The van der Waals surface area contributed by atoms with E-state index in [-0.39, 0.29) is 30.3 Å². The van der Waals surface area contributed by atoms with Crippen molar-refractivity contribution in [3.05, 3.63) is 58.7 Å². The third-order valence-corrected chi connectivity index (χ3v) is 11.3. The van der Waals surface area contributed by atoms with Gasteiger partial charge in [-0.05, 0) is 104 Å². The van der Waals surface area contributed by atoms with Crippen molar-refractivity contribution in [2.75, 3.05) is 0 Å². The molecule has 0 aromatic carbocycles. The van der Waals surface area contributed by atoms with Crippen LogP contribution in [0.3, 0.4) is 0 Å². The van der Waals surface area contributed by atoms with E-state index >= 15 is 0 Å². The van der Waals surface area contributed by atoms with Gasteiger partial charge in [-0.2, -0.15) is 0 Å². The van der Waals surface area contributed by atoms with Crippen LogP contribution < -0.4 is 0 Å². The van der Waals surface area contributed by atoms with Crippen LogP contribution in [-0.2, 0) is 28.5 Å². The Hall–Kier alpha value is -2.36. The molecule has 2 heterocycles. The summed E-state index contributed by atoms with van der Waals surface area (Å²) in [5.41, 5.74) is 3.26. The summed E-state index contributed by atoms with van der Waals surface area (Å²) in [7, 11) is 0. The number of carbonyl (C=O) groups excluding carboxylic acids is 2. The molecule has 306 valence electrons. The molecule has 2 saturated heterocycles. The lowest BCUT2D eigenvalue weighted by Gasteiger charge is -2.45. The molecule has 14 atom stereocenters. The monoisotopic (exact) mass is 762 g/mol. The highest BCUT2D eigenvalue weighted by Crippen LogP contribution is 2.48. The van der Waals surface area contributed by atoms with Crippen LogP contribution >= 0.6 is 0 Å². The summed E-state index contributed by atoms with van der Waals surface area (Å²) in [6, 6.07) is 0. The second kappa shape index (κ2) is 20.2. The first kappa shape index (κ1) is 46.0. The zero-order valence-electron chi connectivity index (χ0n) is 33.6. The first-order valence-electron chi connectivity index (χ1n) is 19.2. The molecular weight excluding hydrogens is 696 g/mol. The molecule has 0 spiro atoms. The van der Waals surface area contributed by atoms with E-state index in [1.54, 1.807) is 19.1 Å². The Morgan fingerprint density at radius 2 is 1.35 bits per heavy atom. The Labute approximate surface area is 321 Å². The highest BCUT2D eigenvalue weighted by molar-refractivity contribution is 5.98. The molecule has 0 amide bonds. The molecule has 54 heavy (non-hydrogen) atoms. The van der Waals surface area contributed by atoms with Gasteiger partial charge in [0.1, 0.15) is 42.4 Å². The Morgan fingerprint density at radius 3 is 1.98 bits per heavy atom. The summed E-state index contributed by atoms with van der Waals surface area (Å²) in [5.74, 6) is -0.450. The number of aliphatic hydroxyl groups excluding tert-OH is 6. The highest BCUT2D eigenvalue weighted by atomic mass is 16.7. The molecule has 0 unspecified atom stereocenters. The Kier molecular flexibility index (Phi) is 17.2. The normalized spacial score (nSPS) is 35.9. The number of hydrogen-bond donors (Lipinski definition) is 6. The van der Waals surface area contributed by atoms with E-state index in [0.717, 1.165) is 23.1 Å². The van der Waals surface area contributed by atoms with Crippen LogP contribution in [0.1, 0.15) is 107 Å². The van der Waals surface area contributed by atoms with Gasteiger partial charge in [0.25, 0.3) is 0 Å². The lowest BCUT2D eigenvalue weighted by Crippen LogP contribution is -2.63. The molecule has 3 aliphatic rings. The zero-order valence-corrected chi connectivity index (χ0v) is 33.6. The summed E-state index contributed by atoms with van der Waals surface area (Å²) < 4.78 is 23.5. The fourth-order valence-electron chi connectivity index (χ4n) is 7.37. The van der Waals surface area contributed by atoms with Gasteiger partial charge in [-0.25, -0.2) is 0 Å². The van der Waals surface area contributed by atoms with Crippen molar-refractivity contribution in [1.29, 1.82) is 0 Å². The van der Waals surface area contributed by atoms with Crippen molar-refractivity contribution in [3.63, 3.8) is 0 Å². The van der Waals surface area contributed by atoms with Gasteiger partial charge in [-0.15, -0.1) is 0 Å². The third-order valence-electron chi connectivity index (χ3n) is 11.3. The second-order valence-electron chi connectivity index (χ2n) is 16.2. The van der Waals surface area contributed by atoms with E-state index in [0.29, 0.717) is 36.8 Å². The van der Waals surface area contributed by atoms with E-state index in [1.807, 2.05) is 60.6 Å². The molecule has 12 heteroatoms. The largest absolute Gasteiger partial charge is 0.388 e. The lowest BCUT2D eigenvalue weighted by atomic mass is 9.71. The van der Waals surface area contributed by atoms with Gasteiger partial charge in [-0.3, -0.25) is 9.59 Å². The minimum atomic E-state index is -1.60. The van der Waals surface area contributed by atoms with Crippen LogP contribution in [0.5, 0.6) is 0 Å². The van der Waals surface area contributed by atoms with Gasteiger partial charge >= 0.3 is 0 Å². The highest BCUT2D eigenvalue weighted by Gasteiger charge is 2.50. The van der Waals surface area contributed by atoms with Gasteiger partial charge in [0.15, 0.2) is 18.4 Å². The van der Waals surface area contributed by atoms with E-state index in [2.05, 4.69) is 6.58 Å². The van der Waals surface area contributed by atoms with Crippen molar-refractivity contribution in [2.24, 2.45) is 11.3 Å². The quantitative estimate of drug-likeness (QED) is 0.0912. The third kappa shape index (κ3) is 11.6. The first-order valence-corrected chi connectivity index (χ1v) is 19.2. The molecule has 0 radical (unpaired) electrons. The number of carbonyl (C=O) groups is 2. The minimum absolute atomic E-state index is 0.0260. The van der Waals surface area contributed by atoms with Gasteiger partial charge in [0.2, 0.25) is 0 Å². The van der Waals surface area contributed by atoms with E-state index < -0.39 is 79.0 Å². The van der Waals surface area contributed by atoms with E-state index in [4.69, 9.17) is 18.9 Å². The summed E-state index contributed by atoms with van der Waals surface area (Å²) in [4.78, 5) is 27.2. The average molecular weight is 763 g/mol. The average Bonchev–Trinajstić information content (AvgIpc) is 3.53. The van der Waals surface area contributed by atoms with Crippen molar-refractivity contribution in [2.45, 2.75) is 181 Å². The molecule has 0 bridgehead atoms. The van der Waals surface area contributed by atoms with Crippen molar-refractivity contribution in [1.82, 2.24) is 0 Å². The molecular formula is C42H66O12. The minimum Gasteiger partial charge on any atom is -0.388 e. The van der Waals surface area contributed by atoms with Crippen molar-refractivity contribution in [3.8, 4) is 0 Å². The molecule has 1 aliphatic carbocycles. The fraction of sp³-hybridized carbons (Fsp3) is 0.714. The molecule has 12 nitrogen and oxygen atoms in total. The molecule has 0 aromatic rings. The Balaban J connectivity index is 1.68. The standard InChI is InChI=1S/C42H66O12/c1-22(2)13-17-30(43)24(5)16-20-33(45)42(10)21-11-12-29(42)26(7)31(44)18-15-25(6)32(19-14-23(3)4)53-40-38(50)36(48)39(28(9)52-40)54-41-37(49)35(47)34(46)27(8)51-41/h13-16,27-30,32,34-41,43,46-50H,7,11-12,17-21H2,1-6,8-10H3/b24-16+,25-15+/t27-,28+,29-,30+,32-,34-,35+,36+,37+,38+,39-,40-,41-,42-/m0/s1. The van der Waals surface area contributed by atoms with Gasteiger partial charge in [0.05, 0.1) is 24.4 Å². The molecule has 6 N–H and O–H groups in total. The number of ketones is 2. The molecule has 3 fully saturated rings. The summed E-state index contributed by atoms with van der Waals surface area (Å²) in [6.45, 7) is 20.6. The topological polar surface area (TPSA) is 192 Å². The van der Waals surface area contributed by atoms with E-state index in [9.17, 15) is 40.2 Å². The number of Topliss-reactive ketones (excluding diaryl/α,β-unsaturated/α-hetero) is 2. The van der Waals surface area contributed by atoms with Gasteiger partial charge in [-0.1, -0.05) is 55.4 Å². The SMILES string of the molecule is C=C(C(=O)C/C=C(\C)[C@H](CC=C(C)C)O[C@@H]1O[C@H](C)[C@H](O[C@@H]2O[C@@H](C)[C@H](O)[C@@H](O)[C@H]2O)[C@H](O)[C@H]1O)[C@@H]1CCC[C@]1(C)C(=O)C/C=C(\C)[C@H](O)CC=C(C)C. The molecule has 3 rings (SSSR count). The van der Waals surface area contributed by atoms with Crippen LogP contribution in [0.2, 0.25) is 0 Å². The Bertz CT molecular complexity index is 1420. The molecule has 2 aliphatic heterocycles. The predicted octanol–water partition coefficient (Wildman–Crippen LogP) is 4.30. The fourth-order valence-corrected chi connectivity index (χ4v) is 7.37. The van der Waals surface area contributed by atoms with Crippen LogP contribution in [0, 0.1) is 11.3 Å². The second-order valence-corrected chi connectivity index (χ2v) is 16.2. The smallest absolute Gasteiger partial charge is 0.187 e. The molecule has 1 saturated carbocycles. The summed E-state index contributed by atoms with van der Waals surface area (Å²) >= 11 is 0. The predicted molar refractivity (Wildman–Crippen MR) is 204 cm³/mol. The van der Waals surface area contributed by atoms with E-state index in [1.165, 1.54) is 6.92 Å². The maximum absolute atomic E-state index is 13.6. The van der Waals surface area contributed by atoms with Gasteiger partial charge < -0.3 is 49.6 Å². The van der Waals surface area contributed by atoms with Crippen LogP contribution in [-0.4, -0.2) is 116 Å². The lowest BCUT2D eigenvalue weighted by molar-refractivity contribution is -0.354. The number of ether oxygens (including phenoxy) is 4. The summed E-state index contributed by atoms with van der Waals surface area (Å²) in [6.07, 6.45) is -3.71. The number of hydrogen-bond acceptors (Lipinski definition) is 12. The van der Waals surface area contributed by atoms with Gasteiger partial charge in [0, 0.05) is 18.3 Å². The first-order chi connectivity index (χ1) is 25.2.